The van der Waals surface area contributed by atoms with Gasteiger partial charge in [0.15, 0.2) is 5.82 Å². The number of aromatic amines is 1. The maximum atomic E-state index is 5.63. The first-order chi connectivity index (χ1) is 10.8. The zero-order chi connectivity index (χ0) is 15.4. The highest BCUT2D eigenvalue weighted by atomic mass is 32.1. The highest BCUT2D eigenvalue weighted by Crippen LogP contribution is 2.28. The molecule has 2 heterocycles. The minimum atomic E-state index is 0.393. The molecule has 3 rings (SSSR count). The molecule has 0 radical (unpaired) electrons. The lowest BCUT2D eigenvalue weighted by molar-refractivity contribution is 0.341. The molecule has 0 fully saturated rings. The van der Waals surface area contributed by atoms with Gasteiger partial charge in [0.1, 0.15) is 11.5 Å². The van der Waals surface area contributed by atoms with Crippen LogP contribution in [0, 0.1) is 4.77 Å². The molecule has 1 N–H and O–H groups in total. The van der Waals surface area contributed by atoms with Gasteiger partial charge in [0.2, 0.25) is 4.77 Å². The standard InChI is InChI=1S/C15H14N4O2S/c1-2-20-13-8-4-3-7-12(13)14-17-18-15(22)19(14)16-10-11-6-5-9-21-11/h3-10H,2H2,1H3,(H,18,22)/b16-10-. The van der Waals surface area contributed by atoms with Gasteiger partial charge in [-0.15, -0.1) is 0 Å². The van der Waals surface area contributed by atoms with Crippen molar-refractivity contribution in [1.82, 2.24) is 14.9 Å². The first-order valence-corrected chi connectivity index (χ1v) is 7.18. The van der Waals surface area contributed by atoms with E-state index in [9.17, 15) is 0 Å². The molecular formula is C15H14N4O2S. The molecule has 0 bridgehead atoms. The first-order valence-electron chi connectivity index (χ1n) is 6.77. The molecule has 0 aliphatic rings. The Morgan fingerprint density at radius 2 is 2.23 bits per heavy atom. The van der Waals surface area contributed by atoms with Crippen molar-refractivity contribution < 1.29 is 9.15 Å². The molecule has 112 valence electrons. The average molecular weight is 314 g/mol. The van der Waals surface area contributed by atoms with E-state index in [1.54, 1.807) is 24.6 Å². The van der Waals surface area contributed by atoms with E-state index in [0.29, 0.717) is 23.0 Å². The summed E-state index contributed by atoms with van der Waals surface area (Å²) in [5.74, 6) is 1.94. The van der Waals surface area contributed by atoms with Crippen molar-refractivity contribution >= 4 is 18.4 Å². The Balaban J connectivity index is 2.04. The highest BCUT2D eigenvalue weighted by Gasteiger charge is 2.13. The van der Waals surface area contributed by atoms with E-state index >= 15 is 0 Å². The zero-order valence-electron chi connectivity index (χ0n) is 11.9. The van der Waals surface area contributed by atoms with Gasteiger partial charge in [-0.05, 0) is 43.4 Å². The molecule has 0 aliphatic heterocycles. The molecule has 0 unspecified atom stereocenters. The monoisotopic (exact) mass is 314 g/mol. The van der Waals surface area contributed by atoms with Crippen molar-refractivity contribution in [2.45, 2.75) is 6.92 Å². The van der Waals surface area contributed by atoms with Gasteiger partial charge >= 0.3 is 0 Å². The molecule has 0 spiro atoms. The minimum absolute atomic E-state index is 0.393. The largest absolute Gasteiger partial charge is 0.493 e. The summed E-state index contributed by atoms with van der Waals surface area (Å²) < 4.78 is 12.8. The number of furan rings is 1. The molecule has 0 aliphatic carbocycles. The van der Waals surface area contributed by atoms with Gasteiger partial charge in [-0.2, -0.15) is 14.9 Å². The Hall–Kier alpha value is -2.67. The van der Waals surface area contributed by atoms with E-state index in [0.717, 1.165) is 11.3 Å². The molecule has 7 heteroatoms. The molecule has 0 amide bonds. The van der Waals surface area contributed by atoms with Crippen LogP contribution in [0.5, 0.6) is 5.75 Å². The summed E-state index contributed by atoms with van der Waals surface area (Å²) in [4.78, 5) is 0. The van der Waals surface area contributed by atoms with E-state index in [1.165, 1.54) is 4.68 Å². The summed E-state index contributed by atoms with van der Waals surface area (Å²) >= 11 is 5.24. The van der Waals surface area contributed by atoms with Crippen molar-refractivity contribution in [2.24, 2.45) is 5.10 Å². The number of H-pyrrole nitrogens is 1. The number of hydrogen-bond acceptors (Lipinski definition) is 5. The molecule has 0 atom stereocenters. The molecule has 1 aromatic carbocycles. The second kappa shape index (κ2) is 6.40. The summed E-state index contributed by atoms with van der Waals surface area (Å²) in [7, 11) is 0. The average Bonchev–Trinajstić information content (AvgIpc) is 3.16. The minimum Gasteiger partial charge on any atom is -0.493 e. The molecule has 2 aromatic heterocycles. The second-order valence-electron chi connectivity index (χ2n) is 4.35. The molecule has 6 nitrogen and oxygen atoms in total. The van der Waals surface area contributed by atoms with Gasteiger partial charge in [0, 0.05) is 0 Å². The zero-order valence-corrected chi connectivity index (χ0v) is 12.7. The number of nitrogens with zero attached hydrogens (tertiary/aromatic N) is 3. The lowest BCUT2D eigenvalue weighted by atomic mass is 10.2. The van der Waals surface area contributed by atoms with Crippen molar-refractivity contribution in [2.75, 3.05) is 6.61 Å². The van der Waals surface area contributed by atoms with E-state index in [4.69, 9.17) is 21.4 Å². The van der Waals surface area contributed by atoms with Crippen LogP contribution in [0.15, 0.2) is 52.2 Å². The number of para-hydroxylation sites is 1. The number of ether oxygens (including phenoxy) is 1. The van der Waals surface area contributed by atoms with Gasteiger partial charge in [-0.1, -0.05) is 12.1 Å². The molecule has 0 saturated carbocycles. The molecule has 22 heavy (non-hydrogen) atoms. The predicted octanol–water partition coefficient (Wildman–Crippen LogP) is 3.48. The van der Waals surface area contributed by atoms with E-state index in [1.807, 2.05) is 31.2 Å². The lowest BCUT2D eigenvalue weighted by Gasteiger charge is -2.08. The SMILES string of the molecule is CCOc1ccccc1-c1n[nH]c(=S)n1/N=C\c1ccco1. The van der Waals surface area contributed by atoms with Crippen molar-refractivity contribution in [1.29, 1.82) is 0 Å². The smallest absolute Gasteiger partial charge is 0.216 e. The third-order valence-corrected chi connectivity index (χ3v) is 3.19. The van der Waals surface area contributed by atoms with Crippen LogP contribution in [0.1, 0.15) is 12.7 Å². The molecule has 0 saturated heterocycles. The number of nitrogens with one attached hydrogen (secondary N) is 1. The Bertz CT molecular complexity index is 833. The van der Waals surface area contributed by atoms with E-state index in [-0.39, 0.29) is 0 Å². The Kier molecular flexibility index (Phi) is 4.15. The van der Waals surface area contributed by atoms with Gasteiger partial charge in [-0.3, -0.25) is 0 Å². The maximum absolute atomic E-state index is 5.63. The van der Waals surface area contributed by atoms with E-state index in [2.05, 4.69) is 15.3 Å². The van der Waals surface area contributed by atoms with Gasteiger partial charge in [0.25, 0.3) is 0 Å². The summed E-state index contributed by atoms with van der Waals surface area (Å²) in [5, 5.41) is 11.3. The van der Waals surface area contributed by atoms with Crippen molar-refractivity contribution in [3.8, 4) is 17.1 Å². The summed E-state index contributed by atoms with van der Waals surface area (Å²) in [6, 6.07) is 11.2. The fraction of sp³-hybridized carbons (Fsp3) is 0.133. The number of rotatable bonds is 5. The predicted molar refractivity (Wildman–Crippen MR) is 85.7 cm³/mol. The Labute approximate surface area is 132 Å². The number of hydrogen-bond donors (Lipinski definition) is 1. The van der Waals surface area contributed by atoms with Crippen molar-refractivity contribution in [3.63, 3.8) is 0 Å². The van der Waals surface area contributed by atoms with Crippen LogP contribution >= 0.6 is 12.2 Å². The van der Waals surface area contributed by atoms with E-state index < -0.39 is 0 Å². The molecule has 3 aromatic rings. The number of aromatic nitrogens is 3. The Morgan fingerprint density at radius 1 is 1.36 bits per heavy atom. The van der Waals surface area contributed by atoms with Crippen LogP contribution < -0.4 is 4.74 Å². The van der Waals surface area contributed by atoms with Crippen LogP contribution in [0.25, 0.3) is 11.4 Å². The third-order valence-electron chi connectivity index (χ3n) is 2.92. The van der Waals surface area contributed by atoms with Gasteiger partial charge in [0.05, 0.1) is 24.6 Å². The topological polar surface area (TPSA) is 68.3 Å². The molecular weight excluding hydrogens is 300 g/mol. The second-order valence-corrected chi connectivity index (χ2v) is 4.74. The van der Waals surface area contributed by atoms with Crippen LogP contribution in [0.2, 0.25) is 0 Å². The van der Waals surface area contributed by atoms with Gasteiger partial charge < -0.3 is 9.15 Å². The normalized spacial score (nSPS) is 11.1. The van der Waals surface area contributed by atoms with Crippen LogP contribution in [-0.4, -0.2) is 27.7 Å². The maximum Gasteiger partial charge on any atom is 0.216 e. The lowest BCUT2D eigenvalue weighted by Crippen LogP contribution is -1.98. The van der Waals surface area contributed by atoms with Gasteiger partial charge in [-0.25, -0.2) is 5.10 Å². The van der Waals surface area contributed by atoms with Crippen LogP contribution in [0.4, 0.5) is 0 Å². The quantitative estimate of drug-likeness (QED) is 0.578. The first kappa shape index (κ1) is 14.3. The fourth-order valence-electron chi connectivity index (χ4n) is 1.99. The Morgan fingerprint density at radius 3 is 3.00 bits per heavy atom. The summed E-state index contributed by atoms with van der Waals surface area (Å²) in [6.45, 7) is 2.50. The van der Waals surface area contributed by atoms with Crippen LogP contribution in [-0.2, 0) is 0 Å². The number of benzene rings is 1. The fourth-order valence-corrected chi connectivity index (χ4v) is 2.16. The van der Waals surface area contributed by atoms with Crippen LogP contribution in [0.3, 0.4) is 0 Å². The summed E-state index contributed by atoms with van der Waals surface area (Å²) in [6.07, 6.45) is 3.17. The highest BCUT2D eigenvalue weighted by molar-refractivity contribution is 7.71. The van der Waals surface area contributed by atoms with Crippen molar-refractivity contribution in [3.05, 3.63) is 53.2 Å². The third kappa shape index (κ3) is 2.84. The summed E-state index contributed by atoms with van der Waals surface area (Å²) in [5.41, 5.74) is 0.813.